The monoisotopic (exact) mass is 519 g/mol. The molecule has 1 saturated heterocycles. The Morgan fingerprint density at radius 1 is 1.14 bits per heavy atom. The van der Waals surface area contributed by atoms with E-state index in [0.29, 0.717) is 42.0 Å². The fraction of sp³-hybridized carbons (Fsp3) is 0.346. The van der Waals surface area contributed by atoms with Gasteiger partial charge >= 0.3 is 0 Å². The molecule has 6 rings (SSSR count). The van der Waals surface area contributed by atoms with Crippen molar-refractivity contribution in [2.45, 2.75) is 25.5 Å². The predicted molar refractivity (Wildman–Crippen MR) is 136 cm³/mol. The number of benzene rings is 1. The van der Waals surface area contributed by atoms with Crippen LogP contribution in [0.4, 0.5) is 4.39 Å². The predicted octanol–water partition coefficient (Wildman–Crippen LogP) is 3.48. The van der Waals surface area contributed by atoms with Crippen molar-refractivity contribution in [3.63, 3.8) is 0 Å². The lowest BCUT2D eigenvalue weighted by Gasteiger charge is -2.22. The number of amides is 1. The fourth-order valence-corrected chi connectivity index (χ4v) is 5.33. The second-order valence-electron chi connectivity index (χ2n) is 10.2. The highest BCUT2D eigenvalue weighted by Gasteiger charge is 2.59. The lowest BCUT2D eigenvalue weighted by molar-refractivity contribution is 0.0734. The van der Waals surface area contributed by atoms with Crippen LogP contribution in [0.2, 0.25) is 0 Å². The van der Waals surface area contributed by atoms with E-state index in [2.05, 4.69) is 20.1 Å². The van der Waals surface area contributed by atoms with Gasteiger partial charge in [0.15, 0.2) is 0 Å². The number of aryl methyl sites for hydroxylation is 1. The van der Waals surface area contributed by atoms with Crippen LogP contribution in [-0.2, 0) is 12.6 Å². The third-order valence-electron chi connectivity index (χ3n) is 6.96. The van der Waals surface area contributed by atoms with E-state index in [1.165, 1.54) is 28.2 Å². The summed E-state index contributed by atoms with van der Waals surface area (Å²) in [6.07, 6.45) is -0.0289. The number of rotatable bonds is 6. The largest absolute Gasteiger partial charge is 0.474 e. The van der Waals surface area contributed by atoms with Crippen molar-refractivity contribution in [2.24, 2.45) is 24.6 Å². The zero-order chi connectivity index (χ0) is 25.9. The van der Waals surface area contributed by atoms with Gasteiger partial charge < -0.3 is 15.4 Å². The molecule has 2 N–H and O–H groups in total. The Kier molecular flexibility index (Phi) is 5.57. The van der Waals surface area contributed by atoms with Crippen LogP contribution in [0.25, 0.3) is 22.8 Å². The topological polar surface area (TPSA) is 112 Å². The van der Waals surface area contributed by atoms with Crippen LogP contribution in [0.5, 0.6) is 5.88 Å². The molecule has 0 unspecified atom stereocenters. The van der Waals surface area contributed by atoms with Gasteiger partial charge in [0.25, 0.3) is 5.91 Å². The summed E-state index contributed by atoms with van der Waals surface area (Å²) in [6, 6.07) is 9.97. The van der Waals surface area contributed by atoms with Crippen molar-refractivity contribution >= 4 is 17.2 Å². The van der Waals surface area contributed by atoms with Crippen LogP contribution in [0.1, 0.15) is 30.0 Å². The van der Waals surface area contributed by atoms with Gasteiger partial charge in [-0.1, -0.05) is 0 Å². The summed E-state index contributed by atoms with van der Waals surface area (Å²) in [5.74, 6) is 1.22. The number of ether oxygens (including phenoxy) is 1. The molecule has 4 aromatic rings. The van der Waals surface area contributed by atoms with E-state index in [-0.39, 0.29) is 29.7 Å². The molecule has 190 valence electrons. The number of pyridine rings is 1. The summed E-state index contributed by atoms with van der Waals surface area (Å²) < 4.78 is 21.3. The highest BCUT2D eigenvalue weighted by atomic mass is 32.1. The van der Waals surface area contributed by atoms with E-state index >= 15 is 0 Å². The average molecular weight is 520 g/mol. The number of likely N-dealkylation sites (tertiary alicyclic amines) is 1. The van der Waals surface area contributed by atoms with E-state index in [0.717, 1.165) is 11.1 Å². The summed E-state index contributed by atoms with van der Waals surface area (Å²) in [5.41, 5.74) is 10.5. The minimum absolute atomic E-state index is 0.0289. The van der Waals surface area contributed by atoms with Crippen LogP contribution in [0.3, 0.4) is 0 Å². The Bertz CT molecular complexity index is 1450. The molecule has 3 atom stereocenters. The van der Waals surface area contributed by atoms with E-state index in [4.69, 9.17) is 10.5 Å². The van der Waals surface area contributed by atoms with Crippen LogP contribution >= 0.6 is 11.3 Å². The first-order chi connectivity index (χ1) is 17.7. The molecule has 0 radical (unpaired) electrons. The fourth-order valence-electron chi connectivity index (χ4n) is 4.80. The Morgan fingerprint density at radius 3 is 2.51 bits per heavy atom. The maximum atomic E-state index is 13.4. The molecule has 3 aromatic heterocycles. The number of fused-ring (bicyclic) bond motifs is 1. The van der Waals surface area contributed by atoms with Gasteiger partial charge in [0.1, 0.15) is 17.6 Å². The molecule has 1 aromatic carbocycles. The number of carbonyl (C=O) groups is 1. The SMILES string of the molecule is Cn1nc(-c2cscn2)nc1C(=O)N1C[C@@H]2[C@H](C1)[C@@H]2Oc1cc(C(C)(C)N)cc(-c2ccc(F)cc2)n1. The number of hydrogen-bond donors (Lipinski definition) is 1. The standard InChI is InChI=1S/C26H26FN7O2S/c1-26(2,28)15-8-19(14-4-6-16(27)7-5-14)30-21(9-15)36-22-17-10-34(11-18(17)22)25(35)24-31-23(32-33(24)3)20-12-37-13-29-20/h4-9,12-13,17-18,22H,10-11,28H2,1-3H3/t17-,18+,22-. The van der Waals surface area contributed by atoms with Crippen molar-refractivity contribution in [3.8, 4) is 28.7 Å². The summed E-state index contributed by atoms with van der Waals surface area (Å²) in [7, 11) is 1.72. The van der Waals surface area contributed by atoms with Gasteiger partial charge in [0, 0.05) is 54.5 Å². The van der Waals surface area contributed by atoms with Gasteiger partial charge in [-0.25, -0.2) is 24.0 Å². The Morgan fingerprint density at radius 2 is 1.86 bits per heavy atom. The molecule has 1 aliphatic heterocycles. The van der Waals surface area contributed by atoms with Gasteiger partial charge in [0.05, 0.1) is 11.2 Å². The van der Waals surface area contributed by atoms with Crippen molar-refractivity contribution in [1.29, 1.82) is 0 Å². The lowest BCUT2D eigenvalue weighted by Crippen LogP contribution is -2.35. The van der Waals surface area contributed by atoms with Gasteiger partial charge in [-0.2, -0.15) is 0 Å². The molecule has 2 fully saturated rings. The van der Waals surface area contributed by atoms with E-state index in [9.17, 15) is 9.18 Å². The molecule has 0 bridgehead atoms. The molecule has 0 spiro atoms. The van der Waals surface area contributed by atoms with E-state index in [1.807, 2.05) is 31.4 Å². The second kappa shape index (κ2) is 8.70. The molecule has 9 nitrogen and oxygen atoms in total. The quantitative estimate of drug-likeness (QED) is 0.415. The molecule has 2 aliphatic rings. The molecular formula is C26H26FN7O2S. The van der Waals surface area contributed by atoms with Gasteiger partial charge in [-0.15, -0.1) is 16.4 Å². The molecule has 11 heteroatoms. The maximum absolute atomic E-state index is 13.4. The molecular weight excluding hydrogens is 493 g/mol. The number of nitrogens with zero attached hydrogens (tertiary/aromatic N) is 6. The molecule has 1 saturated carbocycles. The summed E-state index contributed by atoms with van der Waals surface area (Å²) in [5, 5.41) is 6.20. The lowest BCUT2D eigenvalue weighted by atomic mass is 9.95. The Balaban J connectivity index is 1.16. The maximum Gasteiger partial charge on any atom is 0.291 e. The van der Waals surface area contributed by atoms with Gasteiger partial charge in [-0.3, -0.25) is 4.79 Å². The highest BCUT2D eigenvalue weighted by Crippen LogP contribution is 2.48. The first kappa shape index (κ1) is 23.7. The third-order valence-corrected chi connectivity index (χ3v) is 7.55. The first-order valence-electron chi connectivity index (χ1n) is 12.0. The molecule has 1 amide bonds. The number of aromatic nitrogens is 5. The highest BCUT2D eigenvalue weighted by molar-refractivity contribution is 7.07. The van der Waals surface area contributed by atoms with Crippen LogP contribution in [-0.4, -0.2) is 54.7 Å². The van der Waals surface area contributed by atoms with Crippen molar-refractivity contribution in [3.05, 3.63) is 64.5 Å². The number of thiazole rings is 1. The zero-order valence-corrected chi connectivity index (χ0v) is 21.4. The Labute approximate surface area is 217 Å². The van der Waals surface area contributed by atoms with E-state index < -0.39 is 5.54 Å². The second-order valence-corrected chi connectivity index (χ2v) is 10.9. The van der Waals surface area contributed by atoms with Crippen molar-refractivity contribution < 1.29 is 13.9 Å². The minimum Gasteiger partial charge on any atom is -0.474 e. The number of carbonyl (C=O) groups excluding carboxylic acids is 1. The number of halogens is 1. The van der Waals surface area contributed by atoms with Crippen molar-refractivity contribution in [2.75, 3.05) is 13.1 Å². The number of hydrogen-bond acceptors (Lipinski definition) is 8. The number of piperidine rings is 1. The average Bonchev–Trinajstić information content (AvgIpc) is 3.36. The van der Waals surface area contributed by atoms with Crippen molar-refractivity contribution in [1.82, 2.24) is 29.6 Å². The Hall–Kier alpha value is -3.70. The first-order valence-corrected chi connectivity index (χ1v) is 12.9. The zero-order valence-electron chi connectivity index (χ0n) is 20.6. The molecule has 37 heavy (non-hydrogen) atoms. The van der Waals surface area contributed by atoms with Crippen LogP contribution in [0.15, 0.2) is 47.3 Å². The molecule has 4 heterocycles. The van der Waals surface area contributed by atoms with Gasteiger partial charge in [0.2, 0.25) is 17.5 Å². The van der Waals surface area contributed by atoms with Gasteiger partial charge in [-0.05, 0) is 49.7 Å². The smallest absolute Gasteiger partial charge is 0.291 e. The summed E-state index contributed by atoms with van der Waals surface area (Å²) >= 11 is 1.46. The summed E-state index contributed by atoms with van der Waals surface area (Å²) in [6.45, 7) is 5.00. The van der Waals surface area contributed by atoms with E-state index in [1.54, 1.807) is 29.6 Å². The number of nitrogens with two attached hydrogens (primary N) is 1. The minimum atomic E-state index is -0.605. The normalized spacial score (nSPS) is 20.7. The molecule has 1 aliphatic carbocycles. The van der Waals surface area contributed by atoms with Crippen LogP contribution in [0, 0.1) is 17.7 Å². The summed E-state index contributed by atoms with van der Waals surface area (Å²) in [4.78, 5) is 28.3. The van der Waals surface area contributed by atoms with Crippen LogP contribution < -0.4 is 10.5 Å². The third kappa shape index (κ3) is 4.49.